The number of nitriles is 1. The molecule has 2 atom stereocenters. The summed E-state index contributed by atoms with van der Waals surface area (Å²) in [6.45, 7) is -0.553. The van der Waals surface area contributed by atoms with Crippen molar-refractivity contribution < 1.29 is 18.3 Å². The first-order chi connectivity index (χ1) is 8.45. The van der Waals surface area contributed by atoms with Gasteiger partial charge in [0.25, 0.3) is 0 Å². The highest BCUT2D eigenvalue weighted by molar-refractivity contribution is 5.17. The maximum Gasteiger partial charge on any atom is 0.405 e. The topological polar surface area (TPSA) is 56.0 Å². The zero-order valence-electron chi connectivity index (χ0n) is 9.48. The first-order valence-electron chi connectivity index (χ1n) is 5.35. The second-order valence-electron chi connectivity index (χ2n) is 3.81. The average Bonchev–Trinajstić information content (AvgIpc) is 2.34. The zero-order valence-corrected chi connectivity index (χ0v) is 9.48. The third-order valence-electron chi connectivity index (χ3n) is 2.42. The molecule has 1 rings (SSSR count). The molecule has 0 saturated carbocycles. The Morgan fingerprint density at radius 1 is 1.22 bits per heavy atom. The van der Waals surface area contributed by atoms with Gasteiger partial charge in [-0.1, -0.05) is 30.3 Å². The number of hydrogen-bond acceptors (Lipinski definition) is 3. The number of aliphatic hydroxyl groups is 1. The summed E-state index contributed by atoms with van der Waals surface area (Å²) in [7, 11) is 0. The normalized spacial score (nSPS) is 14.8. The molecule has 2 unspecified atom stereocenters. The molecule has 3 nitrogen and oxygen atoms in total. The molecule has 0 saturated heterocycles. The predicted octanol–water partition coefficient (Wildman–Crippen LogP) is 2.01. The lowest BCUT2D eigenvalue weighted by molar-refractivity contribution is -0.157. The van der Waals surface area contributed by atoms with Crippen LogP contribution in [-0.2, 0) is 0 Å². The van der Waals surface area contributed by atoms with Crippen LogP contribution in [0.25, 0.3) is 0 Å². The Morgan fingerprint density at radius 3 is 2.33 bits per heavy atom. The molecule has 18 heavy (non-hydrogen) atoms. The molecule has 0 aliphatic heterocycles. The first kappa shape index (κ1) is 14.5. The van der Waals surface area contributed by atoms with Gasteiger partial charge in [-0.25, -0.2) is 0 Å². The number of rotatable bonds is 5. The van der Waals surface area contributed by atoms with E-state index in [1.54, 1.807) is 30.3 Å². The predicted molar refractivity (Wildman–Crippen MR) is 59.4 cm³/mol. The van der Waals surface area contributed by atoms with E-state index in [0.29, 0.717) is 5.56 Å². The fourth-order valence-corrected chi connectivity index (χ4v) is 1.39. The molecule has 0 aliphatic rings. The molecule has 0 heterocycles. The van der Waals surface area contributed by atoms with Gasteiger partial charge in [0.15, 0.2) is 5.92 Å². The third-order valence-corrected chi connectivity index (χ3v) is 2.42. The van der Waals surface area contributed by atoms with E-state index in [1.807, 2.05) is 0 Å². The summed E-state index contributed by atoms with van der Waals surface area (Å²) in [5.74, 6) is -2.06. The molecular formula is C12H13F3N2O. The van der Waals surface area contributed by atoms with Crippen molar-refractivity contribution in [3.8, 4) is 6.07 Å². The summed E-state index contributed by atoms with van der Waals surface area (Å²) >= 11 is 0. The SMILES string of the molecule is N#CC(CNCC(O)c1ccccc1)C(F)(F)F. The summed E-state index contributed by atoms with van der Waals surface area (Å²) in [6.07, 6.45) is -5.43. The Labute approximate surface area is 103 Å². The van der Waals surface area contributed by atoms with E-state index in [4.69, 9.17) is 5.26 Å². The van der Waals surface area contributed by atoms with Crippen LogP contribution >= 0.6 is 0 Å². The second kappa shape index (κ2) is 6.38. The van der Waals surface area contributed by atoms with Gasteiger partial charge in [-0.05, 0) is 5.56 Å². The number of aliphatic hydroxyl groups excluding tert-OH is 1. The summed E-state index contributed by atoms with van der Waals surface area (Å²) in [6, 6.07) is 9.78. The van der Waals surface area contributed by atoms with Crippen LogP contribution < -0.4 is 5.32 Å². The average molecular weight is 258 g/mol. The van der Waals surface area contributed by atoms with E-state index in [9.17, 15) is 18.3 Å². The molecule has 0 fully saturated rings. The van der Waals surface area contributed by atoms with Gasteiger partial charge < -0.3 is 10.4 Å². The Bertz CT molecular complexity index is 400. The summed E-state index contributed by atoms with van der Waals surface area (Å²) in [5, 5.41) is 20.5. The monoisotopic (exact) mass is 258 g/mol. The molecule has 0 aliphatic carbocycles. The zero-order chi connectivity index (χ0) is 13.6. The van der Waals surface area contributed by atoms with Crippen molar-refractivity contribution in [3.05, 3.63) is 35.9 Å². The lowest BCUT2D eigenvalue weighted by Crippen LogP contribution is -2.34. The maximum atomic E-state index is 12.2. The van der Waals surface area contributed by atoms with E-state index < -0.39 is 24.7 Å². The Morgan fingerprint density at radius 2 is 1.83 bits per heavy atom. The van der Waals surface area contributed by atoms with E-state index in [0.717, 1.165) is 0 Å². The molecule has 0 aromatic heterocycles. The van der Waals surface area contributed by atoms with Crippen molar-refractivity contribution in [1.29, 1.82) is 5.26 Å². The van der Waals surface area contributed by atoms with Crippen LogP contribution in [0.3, 0.4) is 0 Å². The van der Waals surface area contributed by atoms with Crippen LogP contribution in [-0.4, -0.2) is 24.4 Å². The first-order valence-corrected chi connectivity index (χ1v) is 5.35. The molecule has 0 bridgehead atoms. The molecule has 0 radical (unpaired) electrons. The van der Waals surface area contributed by atoms with Crippen LogP contribution in [0.4, 0.5) is 13.2 Å². The highest BCUT2D eigenvalue weighted by Crippen LogP contribution is 2.25. The van der Waals surface area contributed by atoms with Gasteiger partial charge in [-0.2, -0.15) is 18.4 Å². The minimum Gasteiger partial charge on any atom is -0.387 e. The molecule has 1 aromatic carbocycles. The van der Waals surface area contributed by atoms with Crippen LogP contribution in [0.2, 0.25) is 0 Å². The summed E-state index contributed by atoms with van der Waals surface area (Å²) < 4.78 is 36.7. The fraction of sp³-hybridized carbons (Fsp3) is 0.417. The molecule has 0 spiro atoms. The Kier molecular flexibility index (Phi) is 5.13. The smallest absolute Gasteiger partial charge is 0.387 e. The maximum absolute atomic E-state index is 12.2. The van der Waals surface area contributed by atoms with Crippen molar-refractivity contribution >= 4 is 0 Å². The minimum absolute atomic E-state index is 0.0295. The molecule has 98 valence electrons. The van der Waals surface area contributed by atoms with Crippen LogP contribution in [0.15, 0.2) is 30.3 Å². The second-order valence-corrected chi connectivity index (χ2v) is 3.81. The summed E-state index contributed by atoms with van der Waals surface area (Å²) in [5.41, 5.74) is 0.616. The molecule has 0 amide bonds. The Balaban J connectivity index is 2.41. The van der Waals surface area contributed by atoms with Gasteiger partial charge in [0.05, 0.1) is 12.2 Å². The van der Waals surface area contributed by atoms with E-state index in [-0.39, 0.29) is 6.54 Å². The number of halogens is 3. The summed E-state index contributed by atoms with van der Waals surface area (Å²) in [4.78, 5) is 0. The van der Waals surface area contributed by atoms with Crippen molar-refractivity contribution in [3.63, 3.8) is 0 Å². The van der Waals surface area contributed by atoms with Gasteiger partial charge in [0.2, 0.25) is 0 Å². The quantitative estimate of drug-likeness (QED) is 0.849. The molecular weight excluding hydrogens is 245 g/mol. The standard InChI is InChI=1S/C12H13F3N2O/c13-12(14,15)10(6-16)7-17-8-11(18)9-4-2-1-3-5-9/h1-5,10-11,17-18H,7-8H2. The Hall–Kier alpha value is -1.58. The van der Waals surface area contributed by atoms with E-state index >= 15 is 0 Å². The van der Waals surface area contributed by atoms with Crippen LogP contribution in [0.5, 0.6) is 0 Å². The van der Waals surface area contributed by atoms with Crippen molar-refractivity contribution in [1.82, 2.24) is 5.32 Å². The molecule has 1 aromatic rings. The molecule has 2 N–H and O–H groups in total. The van der Waals surface area contributed by atoms with Gasteiger partial charge in [-0.3, -0.25) is 0 Å². The largest absolute Gasteiger partial charge is 0.405 e. The van der Waals surface area contributed by atoms with Crippen molar-refractivity contribution in [2.24, 2.45) is 5.92 Å². The third kappa shape index (κ3) is 4.35. The molecule has 6 heteroatoms. The number of benzene rings is 1. The number of alkyl halides is 3. The van der Waals surface area contributed by atoms with E-state index in [1.165, 1.54) is 6.07 Å². The number of hydrogen-bond donors (Lipinski definition) is 2. The van der Waals surface area contributed by atoms with Crippen LogP contribution in [0.1, 0.15) is 11.7 Å². The van der Waals surface area contributed by atoms with Crippen molar-refractivity contribution in [2.45, 2.75) is 12.3 Å². The minimum atomic E-state index is -4.54. The van der Waals surface area contributed by atoms with Crippen LogP contribution in [0, 0.1) is 17.2 Å². The van der Waals surface area contributed by atoms with E-state index in [2.05, 4.69) is 5.32 Å². The van der Waals surface area contributed by atoms with Gasteiger partial charge in [0.1, 0.15) is 0 Å². The van der Waals surface area contributed by atoms with Gasteiger partial charge in [-0.15, -0.1) is 0 Å². The van der Waals surface area contributed by atoms with Gasteiger partial charge in [0, 0.05) is 13.1 Å². The highest BCUT2D eigenvalue weighted by Gasteiger charge is 2.39. The number of nitrogens with zero attached hydrogens (tertiary/aromatic N) is 1. The highest BCUT2D eigenvalue weighted by atomic mass is 19.4. The lowest BCUT2D eigenvalue weighted by Gasteiger charge is -2.16. The number of nitrogens with one attached hydrogen (secondary N) is 1. The fourth-order valence-electron chi connectivity index (χ4n) is 1.39. The van der Waals surface area contributed by atoms with Crippen molar-refractivity contribution in [2.75, 3.05) is 13.1 Å². The van der Waals surface area contributed by atoms with Gasteiger partial charge >= 0.3 is 6.18 Å². The lowest BCUT2D eigenvalue weighted by atomic mass is 10.1.